The lowest BCUT2D eigenvalue weighted by Crippen LogP contribution is -2.36. The number of aromatic nitrogens is 1. The quantitative estimate of drug-likeness (QED) is 0.665. The van der Waals surface area contributed by atoms with Gasteiger partial charge < -0.3 is 10.0 Å². The summed E-state index contributed by atoms with van der Waals surface area (Å²) in [6, 6.07) is 17.8. The van der Waals surface area contributed by atoms with Crippen molar-refractivity contribution >= 4 is 22.5 Å². The van der Waals surface area contributed by atoms with Gasteiger partial charge in [-0.1, -0.05) is 48.9 Å². The van der Waals surface area contributed by atoms with Crippen LogP contribution < -0.4 is 0 Å². The molecule has 1 N–H and O–H groups in total. The molecule has 1 aliphatic heterocycles. The highest BCUT2D eigenvalue weighted by Gasteiger charge is 2.21. The number of nitrogens with zero attached hydrogens (tertiary/aromatic N) is 2. The Morgan fingerprint density at radius 1 is 1.11 bits per heavy atom. The molecule has 1 atom stereocenters. The summed E-state index contributed by atoms with van der Waals surface area (Å²) in [7, 11) is 0. The van der Waals surface area contributed by atoms with E-state index in [0.717, 1.165) is 46.7 Å². The average Bonchev–Trinajstić information content (AvgIpc) is 2.69. The predicted octanol–water partition coefficient (Wildman–Crippen LogP) is 5.32. The zero-order valence-electron chi connectivity index (χ0n) is 15.6. The van der Waals surface area contributed by atoms with E-state index in [0.29, 0.717) is 11.6 Å². The number of piperidine rings is 1. The minimum Gasteiger partial charge on any atom is -0.387 e. The first-order valence-corrected chi connectivity index (χ1v) is 10.0. The number of β-amino-alcohol motifs (C(OH)–C–C–N with tert-alkyl or cyclic N) is 1. The maximum atomic E-state index is 11.1. The van der Waals surface area contributed by atoms with E-state index in [1.54, 1.807) is 0 Å². The van der Waals surface area contributed by atoms with Gasteiger partial charge in [0.15, 0.2) is 0 Å². The number of hydrogen-bond acceptors (Lipinski definition) is 3. The Bertz CT molecular complexity index is 917. The van der Waals surface area contributed by atoms with E-state index >= 15 is 0 Å². The molecule has 2 aromatic carbocycles. The summed E-state index contributed by atoms with van der Waals surface area (Å²) in [5.74, 6) is 0.789. The number of rotatable bonds is 4. The van der Waals surface area contributed by atoms with Gasteiger partial charge in [0.1, 0.15) is 0 Å². The molecule has 0 radical (unpaired) electrons. The fourth-order valence-corrected chi connectivity index (χ4v) is 3.96. The fourth-order valence-electron chi connectivity index (χ4n) is 3.83. The summed E-state index contributed by atoms with van der Waals surface area (Å²) >= 11 is 6.03. The molecule has 1 aliphatic rings. The van der Waals surface area contributed by atoms with Crippen molar-refractivity contribution in [2.75, 3.05) is 19.6 Å². The molecule has 4 rings (SSSR count). The van der Waals surface area contributed by atoms with Crippen molar-refractivity contribution in [3.05, 3.63) is 65.2 Å². The number of halogens is 1. The maximum absolute atomic E-state index is 11.1. The molecule has 0 bridgehead atoms. The number of pyridine rings is 1. The highest BCUT2D eigenvalue weighted by atomic mass is 35.5. The summed E-state index contributed by atoms with van der Waals surface area (Å²) in [6.07, 6.45) is 1.89. The highest BCUT2D eigenvalue weighted by Crippen LogP contribution is 2.30. The van der Waals surface area contributed by atoms with Crippen LogP contribution in [0.25, 0.3) is 22.2 Å². The summed E-state index contributed by atoms with van der Waals surface area (Å²) in [5.41, 5.74) is 3.73. The van der Waals surface area contributed by atoms with Gasteiger partial charge in [-0.3, -0.25) is 0 Å². The number of likely N-dealkylation sites (tertiary alicyclic amines) is 1. The molecule has 140 valence electrons. The SMILES string of the molecule is CC1CCN(CC(O)c2cc(-c3ccc(Cl)cc3)nc3ccccc23)CC1. The molecule has 0 amide bonds. The van der Waals surface area contributed by atoms with Gasteiger partial charge in [-0.15, -0.1) is 0 Å². The Morgan fingerprint density at radius 2 is 1.81 bits per heavy atom. The van der Waals surface area contributed by atoms with Crippen molar-refractivity contribution < 1.29 is 5.11 Å². The van der Waals surface area contributed by atoms with E-state index in [9.17, 15) is 5.11 Å². The molecule has 27 heavy (non-hydrogen) atoms. The van der Waals surface area contributed by atoms with Crippen molar-refractivity contribution in [2.24, 2.45) is 5.92 Å². The van der Waals surface area contributed by atoms with Gasteiger partial charge in [0.25, 0.3) is 0 Å². The molecule has 4 heteroatoms. The first-order valence-electron chi connectivity index (χ1n) is 9.66. The normalized spacial score (nSPS) is 17.3. The van der Waals surface area contributed by atoms with Crippen molar-refractivity contribution in [3.63, 3.8) is 0 Å². The second kappa shape index (κ2) is 7.97. The lowest BCUT2D eigenvalue weighted by molar-refractivity contribution is 0.0925. The standard InChI is InChI=1S/C23H25ClN2O/c1-16-10-12-26(13-11-16)15-23(27)20-14-22(17-6-8-18(24)9-7-17)25-21-5-3-2-4-19(20)21/h2-9,14,16,23,27H,10-13,15H2,1H3. The Labute approximate surface area is 165 Å². The molecule has 1 unspecified atom stereocenters. The second-order valence-electron chi connectivity index (χ2n) is 7.62. The Balaban J connectivity index is 1.68. The lowest BCUT2D eigenvalue weighted by atomic mass is 9.97. The van der Waals surface area contributed by atoms with Crippen LogP contribution in [-0.4, -0.2) is 34.6 Å². The predicted molar refractivity (Wildman–Crippen MR) is 112 cm³/mol. The summed E-state index contributed by atoms with van der Waals surface area (Å²) in [5, 5.41) is 12.8. The van der Waals surface area contributed by atoms with E-state index in [-0.39, 0.29) is 0 Å². The molecule has 1 saturated heterocycles. The third-order valence-corrected chi connectivity index (χ3v) is 5.81. The van der Waals surface area contributed by atoms with Crippen LogP contribution in [0, 0.1) is 5.92 Å². The van der Waals surface area contributed by atoms with Gasteiger partial charge in [0, 0.05) is 22.5 Å². The number of fused-ring (bicyclic) bond motifs is 1. The van der Waals surface area contributed by atoms with Crippen molar-refractivity contribution in [1.82, 2.24) is 9.88 Å². The van der Waals surface area contributed by atoms with E-state index in [4.69, 9.17) is 16.6 Å². The minimum atomic E-state index is -0.530. The second-order valence-corrected chi connectivity index (χ2v) is 8.06. The van der Waals surface area contributed by atoms with Crippen LogP contribution >= 0.6 is 11.6 Å². The third-order valence-electron chi connectivity index (χ3n) is 5.55. The number of aliphatic hydroxyl groups is 1. The van der Waals surface area contributed by atoms with Crippen LogP contribution in [0.15, 0.2) is 54.6 Å². The van der Waals surface area contributed by atoms with Gasteiger partial charge in [-0.25, -0.2) is 4.98 Å². The molecule has 2 heterocycles. The highest BCUT2D eigenvalue weighted by molar-refractivity contribution is 6.30. The molecule has 3 aromatic rings. The van der Waals surface area contributed by atoms with Crippen molar-refractivity contribution in [3.8, 4) is 11.3 Å². The van der Waals surface area contributed by atoms with E-state index in [1.807, 2.05) is 54.6 Å². The molecular weight excluding hydrogens is 356 g/mol. The molecule has 0 spiro atoms. The van der Waals surface area contributed by atoms with Gasteiger partial charge in [-0.05, 0) is 61.7 Å². The topological polar surface area (TPSA) is 36.4 Å². The Hall–Kier alpha value is -1.94. The van der Waals surface area contributed by atoms with Crippen LogP contribution in [0.4, 0.5) is 0 Å². The zero-order valence-corrected chi connectivity index (χ0v) is 16.4. The van der Waals surface area contributed by atoms with Crippen molar-refractivity contribution in [1.29, 1.82) is 0 Å². The van der Waals surface area contributed by atoms with Gasteiger partial charge in [0.05, 0.1) is 17.3 Å². The Kier molecular flexibility index (Phi) is 5.44. The van der Waals surface area contributed by atoms with Gasteiger partial charge in [0.2, 0.25) is 0 Å². The van der Waals surface area contributed by atoms with Gasteiger partial charge in [-0.2, -0.15) is 0 Å². The molecule has 1 aromatic heterocycles. The maximum Gasteiger partial charge on any atom is 0.0924 e. The van der Waals surface area contributed by atoms with Crippen LogP contribution in [0.1, 0.15) is 31.4 Å². The number of aliphatic hydroxyl groups excluding tert-OH is 1. The molecular formula is C23H25ClN2O. The van der Waals surface area contributed by atoms with Gasteiger partial charge >= 0.3 is 0 Å². The number of benzene rings is 2. The summed E-state index contributed by atoms with van der Waals surface area (Å²) in [6.45, 7) is 5.10. The van der Waals surface area contributed by atoms with E-state index in [2.05, 4.69) is 11.8 Å². The number of hydrogen-bond donors (Lipinski definition) is 1. The lowest BCUT2D eigenvalue weighted by Gasteiger charge is -2.32. The monoisotopic (exact) mass is 380 g/mol. The molecule has 0 aliphatic carbocycles. The molecule has 1 fully saturated rings. The zero-order chi connectivity index (χ0) is 18.8. The van der Waals surface area contributed by atoms with E-state index < -0.39 is 6.10 Å². The van der Waals surface area contributed by atoms with Crippen LogP contribution in [-0.2, 0) is 0 Å². The summed E-state index contributed by atoms with van der Waals surface area (Å²) < 4.78 is 0. The average molecular weight is 381 g/mol. The van der Waals surface area contributed by atoms with Crippen LogP contribution in [0.2, 0.25) is 5.02 Å². The molecule has 3 nitrogen and oxygen atoms in total. The first kappa shape index (κ1) is 18.4. The third kappa shape index (κ3) is 4.16. The van der Waals surface area contributed by atoms with Crippen LogP contribution in [0.3, 0.4) is 0 Å². The van der Waals surface area contributed by atoms with Crippen LogP contribution in [0.5, 0.6) is 0 Å². The summed E-state index contributed by atoms with van der Waals surface area (Å²) in [4.78, 5) is 7.18. The van der Waals surface area contributed by atoms with E-state index in [1.165, 1.54) is 12.8 Å². The molecule has 0 saturated carbocycles. The number of para-hydroxylation sites is 1. The Morgan fingerprint density at radius 3 is 2.56 bits per heavy atom. The van der Waals surface area contributed by atoms with Crippen molar-refractivity contribution in [2.45, 2.75) is 25.9 Å². The first-order chi connectivity index (χ1) is 13.1. The minimum absolute atomic E-state index is 0.530. The smallest absolute Gasteiger partial charge is 0.0924 e. The fraction of sp³-hybridized carbons (Fsp3) is 0.348. The largest absolute Gasteiger partial charge is 0.387 e.